The van der Waals surface area contributed by atoms with Crippen molar-refractivity contribution >= 4 is 33.2 Å². The monoisotopic (exact) mass is 477 g/mol. The molecule has 7 nitrogen and oxygen atoms in total. The molecule has 1 heterocycles. The van der Waals surface area contributed by atoms with Gasteiger partial charge in [-0.25, -0.2) is 12.8 Å². The summed E-state index contributed by atoms with van der Waals surface area (Å²) in [5.74, 6) is -1.32. The van der Waals surface area contributed by atoms with Crippen LogP contribution in [0.4, 0.5) is 18.9 Å². The van der Waals surface area contributed by atoms with Crippen LogP contribution in [0.2, 0.25) is 5.02 Å². The second-order valence-electron chi connectivity index (χ2n) is 6.68. The average molecular weight is 478 g/mol. The van der Waals surface area contributed by atoms with Gasteiger partial charge in [-0.3, -0.25) is 9.69 Å². The Kier molecular flexibility index (Phi) is 7.42. The molecule has 1 saturated heterocycles. The lowest BCUT2D eigenvalue weighted by atomic mass is 10.3. The van der Waals surface area contributed by atoms with Crippen LogP contribution in [0.15, 0.2) is 47.4 Å². The largest absolute Gasteiger partial charge is 0.433 e. The van der Waals surface area contributed by atoms with Gasteiger partial charge in [0.15, 0.2) is 0 Å². The summed E-state index contributed by atoms with van der Waals surface area (Å²) in [6.45, 7) is -2.29. The van der Waals surface area contributed by atoms with E-state index in [2.05, 4.69) is 10.1 Å². The van der Waals surface area contributed by atoms with E-state index in [9.17, 15) is 26.4 Å². The highest BCUT2D eigenvalue weighted by Crippen LogP contribution is 2.26. The van der Waals surface area contributed by atoms with Crippen molar-refractivity contribution in [3.05, 3.63) is 53.3 Å². The lowest BCUT2D eigenvalue weighted by molar-refractivity contribution is -0.117. The number of para-hydroxylation sites is 2. The summed E-state index contributed by atoms with van der Waals surface area (Å²) >= 11 is 5.68. The molecule has 31 heavy (non-hydrogen) atoms. The maximum Gasteiger partial charge on any atom is 0.387 e. The van der Waals surface area contributed by atoms with Gasteiger partial charge in [0.25, 0.3) is 0 Å². The van der Waals surface area contributed by atoms with Crippen molar-refractivity contribution < 1.29 is 31.1 Å². The normalized spacial score (nSPS) is 15.8. The van der Waals surface area contributed by atoms with Gasteiger partial charge in [0.1, 0.15) is 11.6 Å². The molecule has 12 heteroatoms. The molecule has 0 radical (unpaired) electrons. The Morgan fingerprint density at radius 3 is 2.45 bits per heavy atom. The van der Waals surface area contributed by atoms with E-state index in [0.29, 0.717) is 0 Å². The fourth-order valence-electron chi connectivity index (χ4n) is 3.08. The molecule has 1 aliphatic rings. The van der Waals surface area contributed by atoms with Crippen LogP contribution in [0, 0.1) is 5.82 Å². The molecule has 0 bridgehead atoms. The summed E-state index contributed by atoms with van der Waals surface area (Å²) in [6, 6.07) is 9.02. The number of carbonyl (C=O) groups excluding carboxylic acids is 1. The van der Waals surface area contributed by atoms with Crippen molar-refractivity contribution in [2.75, 3.05) is 38.0 Å². The summed E-state index contributed by atoms with van der Waals surface area (Å²) in [6.07, 6.45) is 0. The second-order valence-corrected chi connectivity index (χ2v) is 9.02. The quantitative estimate of drug-likeness (QED) is 0.663. The van der Waals surface area contributed by atoms with Crippen LogP contribution in [0.3, 0.4) is 0 Å². The number of nitrogens with zero attached hydrogens (tertiary/aromatic N) is 2. The van der Waals surface area contributed by atoms with Gasteiger partial charge < -0.3 is 10.1 Å². The first-order chi connectivity index (χ1) is 14.7. The van der Waals surface area contributed by atoms with Crippen molar-refractivity contribution in [3.63, 3.8) is 0 Å². The predicted octanol–water partition coefficient (Wildman–Crippen LogP) is 3.03. The van der Waals surface area contributed by atoms with E-state index in [0.717, 1.165) is 18.2 Å². The molecule has 1 amide bonds. The first kappa shape index (κ1) is 23.3. The number of anilines is 1. The van der Waals surface area contributed by atoms with E-state index < -0.39 is 28.4 Å². The van der Waals surface area contributed by atoms with Gasteiger partial charge in [0, 0.05) is 26.2 Å². The van der Waals surface area contributed by atoms with Crippen molar-refractivity contribution in [2.45, 2.75) is 11.5 Å². The fraction of sp³-hybridized carbons (Fsp3) is 0.316. The zero-order valence-electron chi connectivity index (χ0n) is 16.1. The molecular weight excluding hydrogens is 459 g/mol. The van der Waals surface area contributed by atoms with Gasteiger partial charge in [0.2, 0.25) is 15.9 Å². The number of nitrogens with one attached hydrogen (secondary N) is 1. The number of alkyl halides is 2. The minimum Gasteiger partial charge on any atom is -0.433 e. The molecule has 0 spiro atoms. The number of hydrogen-bond acceptors (Lipinski definition) is 5. The maximum atomic E-state index is 13.3. The van der Waals surface area contributed by atoms with Crippen molar-refractivity contribution in [1.29, 1.82) is 0 Å². The number of halogens is 4. The lowest BCUT2D eigenvalue weighted by Crippen LogP contribution is -2.50. The van der Waals surface area contributed by atoms with Crippen LogP contribution in [0.5, 0.6) is 5.75 Å². The van der Waals surface area contributed by atoms with E-state index >= 15 is 0 Å². The lowest BCUT2D eigenvalue weighted by Gasteiger charge is -2.33. The van der Waals surface area contributed by atoms with Crippen molar-refractivity contribution in [2.24, 2.45) is 0 Å². The first-order valence-electron chi connectivity index (χ1n) is 9.18. The molecule has 168 valence electrons. The molecule has 3 rings (SSSR count). The van der Waals surface area contributed by atoms with Crippen LogP contribution in [0.1, 0.15) is 0 Å². The van der Waals surface area contributed by atoms with Gasteiger partial charge in [-0.1, -0.05) is 23.7 Å². The molecule has 1 fully saturated rings. The Labute approximate surface area is 182 Å². The van der Waals surface area contributed by atoms with Crippen LogP contribution < -0.4 is 10.1 Å². The van der Waals surface area contributed by atoms with E-state index in [1.165, 1.54) is 22.5 Å². The molecule has 2 aromatic rings. The summed E-state index contributed by atoms with van der Waals surface area (Å²) in [4.78, 5) is 13.9. The van der Waals surface area contributed by atoms with E-state index in [4.69, 9.17) is 11.6 Å². The number of sulfonamides is 1. The molecule has 0 saturated carbocycles. The third kappa shape index (κ3) is 5.88. The number of carbonyl (C=O) groups is 1. The summed E-state index contributed by atoms with van der Waals surface area (Å²) < 4.78 is 69.3. The summed E-state index contributed by atoms with van der Waals surface area (Å²) in [5, 5.41) is 2.24. The molecule has 0 atom stereocenters. The SMILES string of the molecule is O=C(CN1CCN(S(=O)(=O)c2ccc(F)c(Cl)c2)CC1)Nc1ccccc1OC(F)F. The van der Waals surface area contributed by atoms with Crippen LogP contribution in [0.25, 0.3) is 0 Å². The maximum absolute atomic E-state index is 13.3. The van der Waals surface area contributed by atoms with Crippen LogP contribution in [-0.4, -0.2) is 62.9 Å². The molecule has 0 aromatic heterocycles. The highest BCUT2D eigenvalue weighted by atomic mass is 35.5. The third-order valence-corrected chi connectivity index (χ3v) is 6.79. The third-order valence-electron chi connectivity index (χ3n) is 4.60. The molecular formula is C19H19ClF3N3O4S. The summed E-state index contributed by atoms with van der Waals surface area (Å²) in [7, 11) is -3.85. The van der Waals surface area contributed by atoms with Gasteiger partial charge in [-0.05, 0) is 30.3 Å². The molecule has 0 unspecified atom stereocenters. The zero-order chi connectivity index (χ0) is 22.6. The van der Waals surface area contributed by atoms with Crippen molar-refractivity contribution in [1.82, 2.24) is 9.21 Å². The van der Waals surface area contributed by atoms with Crippen molar-refractivity contribution in [3.8, 4) is 5.75 Å². The number of piperazine rings is 1. The van der Waals surface area contributed by atoms with E-state index in [1.54, 1.807) is 11.0 Å². The van der Waals surface area contributed by atoms with Gasteiger partial charge in [0.05, 0.1) is 22.2 Å². The zero-order valence-corrected chi connectivity index (χ0v) is 17.7. The minimum atomic E-state index is -3.85. The van der Waals surface area contributed by atoms with Crippen LogP contribution in [-0.2, 0) is 14.8 Å². The average Bonchev–Trinajstić information content (AvgIpc) is 2.71. The first-order valence-corrected chi connectivity index (χ1v) is 11.0. The fourth-order valence-corrected chi connectivity index (χ4v) is 4.77. The Bertz CT molecular complexity index is 1050. The highest BCUT2D eigenvalue weighted by Gasteiger charge is 2.29. The Hall–Kier alpha value is -2.34. The molecule has 1 aliphatic heterocycles. The Balaban J connectivity index is 1.57. The number of benzene rings is 2. The van der Waals surface area contributed by atoms with Gasteiger partial charge >= 0.3 is 6.61 Å². The predicted molar refractivity (Wildman–Crippen MR) is 108 cm³/mol. The standard InChI is InChI=1S/C19H19ClF3N3O4S/c20-14-11-13(5-6-15(14)21)31(28,29)26-9-7-25(8-10-26)12-18(27)24-16-3-1-2-4-17(16)30-19(22)23/h1-6,11,19H,7-10,12H2,(H,24,27). The molecule has 0 aliphatic carbocycles. The smallest absolute Gasteiger partial charge is 0.387 e. The minimum absolute atomic E-state index is 0.0563. The molecule has 1 N–H and O–H groups in total. The molecule has 2 aromatic carbocycles. The topological polar surface area (TPSA) is 79.0 Å². The number of ether oxygens (including phenoxy) is 1. The summed E-state index contributed by atoms with van der Waals surface area (Å²) in [5.41, 5.74) is 0.113. The second kappa shape index (κ2) is 9.86. The van der Waals surface area contributed by atoms with E-state index in [-0.39, 0.29) is 54.1 Å². The number of amides is 1. The van der Waals surface area contributed by atoms with E-state index in [1.807, 2.05) is 0 Å². The number of rotatable bonds is 7. The Morgan fingerprint density at radius 1 is 1.13 bits per heavy atom. The highest BCUT2D eigenvalue weighted by molar-refractivity contribution is 7.89. The van der Waals surface area contributed by atoms with Gasteiger partial charge in [-0.15, -0.1) is 0 Å². The number of hydrogen-bond donors (Lipinski definition) is 1. The Morgan fingerprint density at radius 2 is 1.81 bits per heavy atom. The van der Waals surface area contributed by atoms with Crippen LogP contribution >= 0.6 is 11.6 Å². The van der Waals surface area contributed by atoms with Gasteiger partial charge in [-0.2, -0.15) is 13.1 Å².